The molecule has 0 aliphatic rings. The van der Waals surface area contributed by atoms with Gasteiger partial charge >= 0.3 is 10.8 Å². The van der Waals surface area contributed by atoms with Crippen LogP contribution in [0.1, 0.15) is 12.6 Å². The van der Waals surface area contributed by atoms with E-state index in [1.807, 2.05) is 0 Å². The predicted octanol–water partition coefficient (Wildman–Crippen LogP) is 2.44. The van der Waals surface area contributed by atoms with Crippen molar-refractivity contribution in [2.75, 3.05) is 5.32 Å². The van der Waals surface area contributed by atoms with Crippen molar-refractivity contribution in [3.05, 3.63) is 50.0 Å². The van der Waals surface area contributed by atoms with E-state index in [4.69, 9.17) is 16.3 Å². The molecule has 1 amide bonds. The lowest BCUT2D eigenvalue weighted by Crippen LogP contribution is -2.32. The zero-order valence-electron chi connectivity index (χ0n) is 12.5. The van der Waals surface area contributed by atoms with Gasteiger partial charge in [-0.05, 0) is 32.0 Å². The lowest BCUT2D eigenvalue weighted by Gasteiger charge is -2.14. The third-order valence-electron chi connectivity index (χ3n) is 3.03. The molecule has 0 radical (unpaired) electrons. The molecule has 2 aromatic rings. The molecule has 1 N–H and O–H groups in total. The number of nitrogens with zero attached hydrogens (tertiary/aromatic N) is 1. The number of aryl methyl sites for hydroxylation is 1. The van der Waals surface area contributed by atoms with E-state index in [-0.39, 0.29) is 11.4 Å². The SMILES string of the molecule is Cc1csc(=O)n1CC(=O)O[C@H](C)C(=O)Nc1cccc(Cl)c1. The topological polar surface area (TPSA) is 77.4 Å². The van der Waals surface area contributed by atoms with Crippen LogP contribution in [0.4, 0.5) is 5.69 Å². The van der Waals surface area contributed by atoms with Gasteiger partial charge in [0.05, 0.1) is 0 Å². The number of carbonyl (C=O) groups excluding carboxylic acids is 2. The number of nitrogens with one attached hydrogen (secondary N) is 1. The maximum atomic E-state index is 12.0. The van der Waals surface area contributed by atoms with E-state index in [0.717, 1.165) is 11.3 Å². The molecule has 1 atom stereocenters. The molecular formula is C15H15ClN2O4S. The average molecular weight is 355 g/mol. The minimum Gasteiger partial charge on any atom is -0.451 e. The molecule has 23 heavy (non-hydrogen) atoms. The smallest absolute Gasteiger partial charge is 0.326 e. The maximum Gasteiger partial charge on any atom is 0.326 e. The molecule has 8 heteroatoms. The van der Waals surface area contributed by atoms with Gasteiger partial charge in [0.1, 0.15) is 6.54 Å². The Balaban J connectivity index is 1.93. The van der Waals surface area contributed by atoms with Crippen molar-refractivity contribution in [2.45, 2.75) is 26.5 Å². The summed E-state index contributed by atoms with van der Waals surface area (Å²) in [5.41, 5.74) is 1.18. The van der Waals surface area contributed by atoms with Crippen LogP contribution in [-0.4, -0.2) is 22.5 Å². The van der Waals surface area contributed by atoms with E-state index in [9.17, 15) is 14.4 Å². The molecular weight excluding hydrogens is 340 g/mol. The number of carbonyl (C=O) groups is 2. The molecule has 6 nitrogen and oxygen atoms in total. The molecule has 0 aliphatic carbocycles. The zero-order valence-corrected chi connectivity index (χ0v) is 14.1. The third kappa shape index (κ3) is 4.67. The predicted molar refractivity (Wildman–Crippen MR) is 89.0 cm³/mol. The van der Waals surface area contributed by atoms with Crippen LogP contribution in [0.3, 0.4) is 0 Å². The first-order valence-electron chi connectivity index (χ1n) is 6.77. The van der Waals surface area contributed by atoms with E-state index in [2.05, 4.69) is 5.32 Å². The fourth-order valence-electron chi connectivity index (χ4n) is 1.82. The van der Waals surface area contributed by atoms with Crippen LogP contribution in [0.5, 0.6) is 0 Å². The summed E-state index contributed by atoms with van der Waals surface area (Å²) in [4.78, 5) is 35.2. The van der Waals surface area contributed by atoms with Gasteiger partial charge in [0.25, 0.3) is 5.91 Å². The molecule has 0 bridgehead atoms. The Morgan fingerprint density at radius 1 is 1.43 bits per heavy atom. The number of esters is 1. The lowest BCUT2D eigenvalue weighted by atomic mass is 10.3. The molecule has 0 fully saturated rings. The zero-order chi connectivity index (χ0) is 17.0. The van der Waals surface area contributed by atoms with Crippen LogP contribution in [0.25, 0.3) is 0 Å². The Bertz CT molecular complexity index is 784. The highest BCUT2D eigenvalue weighted by atomic mass is 35.5. The number of amides is 1. The summed E-state index contributed by atoms with van der Waals surface area (Å²) in [6, 6.07) is 6.64. The number of thiazole rings is 1. The summed E-state index contributed by atoms with van der Waals surface area (Å²) in [5.74, 6) is -1.13. The standard InChI is InChI=1S/C15H15ClN2O4S/c1-9-8-23-15(21)18(9)7-13(19)22-10(2)14(20)17-12-5-3-4-11(16)6-12/h3-6,8,10H,7H2,1-2H3,(H,17,20)/t10-/m1/s1. The third-order valence-corrected chi connectivity index (χ3v) is 4.15. The number of ether oxygens (including phenoxy) is 1. The van der Waals surface area contributed by atoms with Crippen molar-refractivity contribution in [3.8, 4) is 0 Å². The van der Waals surface area contributed by atoms with E-state index in [0.29, 0.717) is 16.4 Å². The quantitative estimate of drug-likeness (QED) is 0.836. The highest BCUT2D eigenvalue weighted by Gasteiger charge is 2.19. The first kappa shape index (κ1) is 17.2. The second-order valence-corrected chi connectivity index (χ2v) is 6.12. The van der Waals surface area contributed by atoms with Crippen LogP contribution in [-0.2, 0) is 20.9 Å². The highest BCUT2D eigenvalue weighted by molar-refractivity contribution is 7.07. The second-order valence-electron chi connectivity index (χ2n) is 4.86. The minimum atomic E-state index is -0.990. The summed E-state index contributed by atoms with van der Waals surface area (Å²) in [7, 11) is 0. The van der Waals surface area contributed by atoms with Gasteiger partial charge < -0.3 is 10.1 Å². The largest absolute Gasteiger partial charge is 0.451 e. The van der Waals surface area contributed by atoms with Gasteiger partial charge in [-0.1, -0.05) is 29.0 Å². The molecule has 122 valence electrons. The monoisotopic (exact) mass is 354 g/mol. The van der Waals surface area contributed by atoms with Crippen molar-refractivity contribution in [3.63, 3.8) is 0 Å². The summed E-state index contributed by atoms with van der Waals surface area (Å²) < 4.78 is 6.36. The van der Waals surface area contributed by atoms with Crippen molar-refractivity contribution in [1.29, 1.82) is 0 Å². The number of hydrogen-bond donors (Lipinski definition) is 1. The van der Waals surface area contributed by atoms with Crippen LogP contribution in [0.15, 0.2) is 34.4 Å². The Morgan fingerprint density at radius 2 is 2.17 bits per heavy atom. The van der Waals surface area contributed by atoms with Crippen LogP contribution < -0.4 is 10.2 Å². The molecule has 1 aromatic carbocycles. The van der Waals surface area contributed by atoms with Gasteiger partial charge in [-0.2, -0.15) is 0 Å². The van der Waals surface area contributed by atoms with Crippen molar-refractivity contribution < 1.29 is 14.3 Å². The molecule has 0 spiro atoms. The second kappa shape index (κ2) is 7.43. The van der Waals surface area contributed by atoms with E-state index in [1.54, 1.807) is 36.6 Å². The molecule has 0 saturated carbocycles. The van der Waals surface area contributed by atoms with Crippen LogP contribution in [0, 0.1) is 6.92 Å². The van der Waals surface area contributed by atoms with Crippen LogP contribution in [0.2, 0.25) is 5.02 Å². The Hall–Kier alpha value is -2.12. The Kier molecular flexibility index (Phi) is 5.57. The Morgan fingerprint density at radius 3 is 2.78 bits per heavy atom. The van der Waals surface area contributed by atoms with Gasteiger partial charge in [-0.3, -0.25) is 19.0 Å². The van der Waals surface area contributed by atoms with Crippen molar-refractivity contribution in [1.82, 2.24) is 4.57 Å². The molecule has 0 unspecified atom stereocenters. The van der Waals surface area contributed by atoms with E-state index < -0.39 is 18.0 Å². The normalized spacial score (nSPS) is 11.8. The number of aromatic nitrogens is 1. The first-order valence-corrected chi connectivity index (χ1v) is 8.03. The summed E-state index contributed by atoms with van der Waals surface area (Å²) >= 11 is 6.84. The van der Waals surface area contributed by atoms with E-state index >= 15 is 0 Å². The highest BCUT2D eigenvalue weighted by Crippen LogP contribution is 2.15. The van der Waals surface area contributed by atoms with Gasteiger partial charge in [0.15, 0.2) is 6.10 Å². The number of halogens is 1. The van der Waals surface area contributed by atoms with Crippen molar-refractivity contribution in [2.24, 2.45) is 0 Å². The summed E-state index contributed by atoms with van der Waals surface area (Å²) in [6.45, 7) is 2.96. The Labute approximate surface area is 141 Å². The first-order chi connectivity index (χ1) is 10.9. The minimum absolute atomic E-state index is 0.219. The number of anilines is 1. The van der Waals surface area contributed by atoms with Gasteiger partial charge in [0, 0.05) is 21.8 Å². The molecule has 0 saturated heterocycles. The van der Waals surface area contributed by atoms with Gasteiger partial charge in [0.2, 0.25) is 0 Å². The van der Waals surface area contributed by atoms with Crippen LogP contribution >= 0.6 is 22.9 Å². The fraction of sp³-hybridized carbons (Fsp3) is 0.267. The number of hydrogen-bond acceptors (Lipinski definition) is 5. The average Bonchev–Trinajstić information content (AvgIpc) is 2.79. The molecule has 2 rings (SSSR count). The van der Waals surface area contributed by atoms with Crippen molar-refractivity contribution >= 4 is 40.5 Å². The van der Waals surface area contributed by atoms with Gasteiger partial charge in [-0.15, -0.1) is 0 Å². The fourth-order valence-corrected chi connectivity index (χ4v) is 2.75. The van der Waals surface area contributed by atoms with Gasteiger partial charge in [-0.25, -0.2) is 0 Å². The molecule has 1 heterocycles. The molecule has 0 aliphatic heterocycles. The number of benzene rings is 1. The maximum absolute atomic E-state index is 12.0. The summed E-state index contributed by atoms with van der Waals surface area (Å²) in [5, 5.41) is 4.75. The lowest BCUT2D eigenvalue weighted by molar-refractivity contribution is -0.153. The number of rotatable bonds is 5. The molecule has 1 aromatic heterocycles. The van der Waals surface area contributed by atoms with E-state index in [1.165, 1.54) is 11.5 Å². The summed E-state index contributed by atoms with van der Waals surface area (Å²) in [6.07, 6.45) is -0.990.